The van der Waals surface area contributed by atoms with Crippen LogP contribution >= 0.6 is 0 Å². The lowest BCUT2D eigenvalue weighted by Gasteiger charge is -2.21. The summed E-state index contributed by atoms with van der Waals surface area (Å²) in [5.41, 5.74) is 2.67. The van der Waals surface area contributed by atoms with Gasteiger partial charge in [-0.25, -0.2) is 9.97 Å². The van der Waals surface area contributed by atoms with Crippen molar-refractivity contribution >= 4 is 17.1 Å². The van der Waals surface area contributed by atoms with Crippen molar-refractivity contribution in [1.82, 2.24) is 19.5 Å². The number of ether oxygens (including phenoxy) is 2. The molecular formula is C16H17N5O2. The molecule has 0 aliphatic carbocycles. The molecule has 118 valence electrons. The maximum atomic E-state index is 5.63. The average Bonchev–Trinajstić information content (AvgIpc) is 2.95. The van der Waals surface area contributed by atoms with Crippen LogP contribution in [0.2, 0.25) is 0 Å². The number of nitrogens with one attached hydrogen (secondary N) is 1. The lowest BCUT2D eigenvalue weighted by atomic mass is 10.1. The van der Waals surface area contributed by atoms with Crippen LogP contribution in [0.3, 0.4) is 0 Å². The Bertz CT molecular complexity index is 861. The molecule has 1 aliphatic rings. The van der Waals surface area contributed by atoms with Gasteiger partial charge in [-0.15, -0.1) is 0 Å². The molecule has 0 amide bonds. The maximum absolute atomic E-state index is 5.63. The van der Waals surface area contributed by atoms with E-state index in [4.69, 9.17) is 9.47 Å². The van der Waals surface area contributed by atoms with Crippen LogP contribution in [0, 0.1) is 0 Å². The van der Waals surface area contributed by atoms with Gasteiger partial charge >= 0.3 is 0 Å². The van der Waals surface area contributed by atoms with Gasteiger partial charge in [-0.1, -0.05) is 6.07 Å². The Kier molecular flexibility index (Phi) is 3.25. The number of nitrogens with zero attached hydrogens (tertiary/aromatic N) is 4. The molecule has 1 aliphatic heterocycles. The van der Waals surface area contributed by atoms with Gasteiger partial charge in [-0.3, -0.25) is 0 Å². The van der Waals surface area contributed by atoms with E-state index in [0.717, 1.165) is 22.6 Å². The molecular weight excluding hydrogens is 294 g/mol. The van der Waals surface area contributed by atoms with Crippen LogP contribution < -0.4 is 14.8 Å². The van der Waals surface area contributed by atoms with Crippen molar-refractivity contribution in [3.63, 3.8) is 0 Å². The summed E-state index contributed by atoms with van der Waals surface area (Å²) in [6, 6.07) is 5.98. The number of aryl methyl sites for hydroxylation is 1. The van der Waals surface area contributed by atoms with E-state index in [1.54, 1.807) is 12.5 Å². The van der Waals surface area contributed by atoms with E-state index in [-0.39, 0.29) is 6.04 Å². The monoisotopic (exact) mass is 311 g/mol. The molecule has 3 heterocycles. The fraction of sp³-hybridized carbons (Fsp3) is 0.312. The Labute approximate surface area is 133 Å². The molecule has 0 radical (unpaired) electrons. The summed E-state index contributed by atoms with van der Waals surface area (Å²) in [5.74, 6) is 2.13. The highest BCUT2D eigenvalue weighted by Crippen LogP contribution is 2.33. The number of hydrogen-bond donors (Lipinski definition) is 1. The van der Waals surface area contributed by atoms with Crippen molar-refractivity contribution in [2.45, 2.75) is 13.0 Å². The van der Waals surface area contributed by atoms with Crippen LogP contribution in [-0.4, -0.2) is 32.7 Å². The van der Waals surface area contributed by atoms with Gasteiger partial charge in [0.25, 0.3) is 0 Å². The second-order valence-electron chi connectivity index (χ2n) is 5.53. The molecule has 0 saturated heterocycles. The zero-order valence-electron chi connectivity index (χ0n) is 13.0. The molecule has 0 spiro atoms. The van der Waals surface area contributed by atoms with E-state index in [0.29, 0.717) is 24.8 Å². The third-order valence-corrected chi connectivity index (χ3v) is 3.90. The first-order valence-corrected chi connectivity index (χ1v) is 7.51. The lowest BCUT2D eigenvalue weighted by Crippen LogP contribution is -2.16. The molecule has 23 heavy (non-hydrogen) atoms. The summed E-state index contributed by atoms with van der Waals surface area (Å²) in [4.78, 5) is 13.0. The summed E-state index contributed by atoms with van der Waals surface area (Å²) in [6.07, 6.45) is 3.50. The number of imidazole rings is 1. The summed E-state index contributed by atoms with van der Waals surface area (Å²) in [5, 5.41) is 3.30. The Morgan fingerprint density at radius 2 is 2.00 bits per heavy atom. The lowest BCUT2D eigenvalue weighted by molar-refractivity contribution is 0.171. The van der Waals surface area contributed by atoms with Gasteiger partial charge < -0.3 is 19.4 Å². The average molecular weight is 311 g/mol. The SMILES string of the molecule is CC(Nc1ncc2c(ncn2C)n1)c1ccc2c(c1)OCCO2. The fourth-order valence-corrected chi connectivity index (χ4v) is 2.59. The molecule has 0 fully saturated rings. The van der Waals surface area contributed by atoms with Crippen LogP contribution in [-0.2, 0) is 7.05 Å². The van der Waals surface area contributed by atoms with Gasteiger partial charge in [0, 0.05) is 7.05 Å². The maximum Gasteiger partial charge on any atom is 0.225 e. The molecule has 4 rings (SSSR count). The van der Waals surface area contributed by atoms with Crippen LogP contribution in [0.15, 0.2) is 30.7 Å². The smallest absolute Gasteiger partial charge is 0.225 e. The molecule has 0 bridgehead atoms. The molecule has 7 nitrogen and oxygen atoms in total. The number of hydrogen-bond acceptors (Lipinski definition) is 6. The van der Waals surface area contributed by atoms with Crippen molar-refractivity contribution in [3.8, 4) is 11.5 Å². The minimum absolute atomic E-state index is 0.0342. The van der Waals surface area contributed by atoms with Gasteiger partial charge in [0.1, 0.15) is 18.7 Å². The quantitative estimate of drug-likeness (QED) is 0.800. The van der Waals surface area contributed by atoms with Crippen molar-refractivity contribution in [2.75, 3.05) is 18.5 Å². The number of benzene rings is 1. The molecule has 1 aromatic carbocycles. The molecule has 1 N–H and O–H groups in total. The first-order chi connectivity index (χ1) is 11.2. The highest BCUT2D eigenvalue weighted by atomic mass is 16.6. The third kappa shape index (κ3) is 2.54. The Balaban J connectivity index is 1.57. The Morgan fingerprint density at radius 1 is 1.17 bits per heavy atom. The first-order valence-electron chi connectivity index (χ1n) is 7.51. The largest absolute Gasteiger partial charge is 0.486 e. The van der Waals surface area contributed by atoms with Crippen LogP contribution in [0.5, 0.6) is 11.5 Å². The predicted octanol–water partition coefficient (Wildman–Crippen LogP) is 2.31. The van der Waals surface area contributed by atoms with Gasteiger partial charge in [-0.2, -0.15) is 4.98 Å². The second kappa shape index (κ2) is 5.42. The molecule has 2 aromatic heterocycles. The summed E-state index contributed by atoms with van der Waals surface area (Å²) < 4.78 is 13.1. The summed E-state index contributed by atoms with van der Waals surface area (Å²) in [7, 11) is 1.92. The number of rotatable bonds is 3. The van der Waals surface area contributed by atoms with Crippen LogP contribution in [0.4, 0.5) is 5.95 Å². The van der Waals surface area contributed by atoms with Crippen molar-refractivity contribution in [3.05, 3.63) is 36.3 Å². The topological polar surface area (TPSA) is 74.1 Å². The highest BCUT2D eigenvalue weighted by Gasteiger charge is 2.15. The van der Waals surface area contributed by atoms with E-state index < -0.39 is 0 Å². The molecule has 1 atom stereocenters. The van der Waals surface area contributed by atoms with Gasteiger partial charge in [-0.05, 0) is 24.6 Å². The van der Waals surface area contributed by atoms with E-state index in [9.17, 15) is 0 Å². The third-order valence-electron chi connectivity index (χ3n) is 3.90. The first kappa shape index (κ1) is 13.8. The molecule has 7 heteroatoms. The Morgan fingerprint density at radius 3 is 2.87 bits per heavy atom. The highest BCUT2D eigenvalue weighted by molar-refractivity contribution is 5.70. The standard InChI is InChI=1S/C16H17N5O2/c1-10(11-3-4-13-14(7-11)23-6-5-22-13)19-16-17-8-12-15(20-16)18-9-21(12)2/h3-4,7-10H,5-6H2,1-2H3,(H,17,19,20). The zero-order chi connectivity index (χ0) is 15.8. The van der Waals surface area contributed by atoms with Gasteiger partial charge in [0.15, 0.2) is 17.1 Å². The fourth-order valence-electron chi connectivity index (χ4n) is 2.59. The summed E-state index contributed by atoms with van der Waals surface area (Å²) >= 11 is 0. The number of fused-ring (bicyclic) bond motifs is 2. The number of anilines is 1. The van der Waals surface area contributed by atoms with Gasteiger partial charge in [0.2, 0.25) is 5.95 Å². The van der Waals surface area contributed by atoms with E-state index >= 15 is 0 Å². The molecule has 0 saturated carbocycles. The Hall–Kier alpha value is -2.83. The van der Waals surface area contributed by atoms with Gasteiger partial charge in [0.05, 0.1) is 18.6 Å². The normalized spacial score (nSPS) is 14.7. The van der Waals surface area contributed by atoms with E-state index in [2.05, 4.69) is 27.2 Å². The van der Waals surface area contributed by atoms with E-state index in [1.165, 1.54) is 0 Å². The minimum atomic E-state index is 0.0342. The van der Waals surface area contributed by atoms with Crippen LogP contribution in [0.25, 0.3) is 11.2 Å². The van der Waals surface area contributed by atoms with Crippen molar-refractivity contribution in [2.24, 2.45) is 7.05 Å². The zero-order valence-corrected chi connectivity index (χ0v) is 13.0. The predicted molar refractivity (Wildman–Crippen MR) is 85.8 cm³/mol. The molecule has 3 aromatic rings. The number of aromatic nitrogens is 4. The minimum Gasteiger partial charge on any atom is -0.486 e. The van der Waals surface area contributed by atoms with Crippen molar-refractivity contribution < 1.29 is 9.47 Å². The molecule has 1 unspecified atom stereocenters. The van der Waals surface area contributed by atoms with E-state index in [1.807, 2.05) is 29.8 Å². The van der Waals surface area contributed by atoms with Crippen LogP contribution in [0.1, 0.15) is 18.5 Å². The van der Waals surface area contributed by atoms with Crippen molar-refractivity contribution in [1.29, 1.82) is 0 Å². The second-order valence-corrected chi connectivity index (χ2v) is 5.53. The summed E-state index contributed by atoms with van der Waals surface area (Å²) in [6.45, 7) is 3.23.